The van der Waals surface area contributed by atoms with Gasteiger partial charge < -0.3 is 4.74 Å². The van der Waals surface area contributed by atoms with Gasteiger partial charge in [0, 0.05) is 12.3 Å². The minimum absolute atomic E-state index is 0.504. The Morgan fingerprint density at radius 1 is 1.36 bits per heavy atom. The molecule has 2 heteroatoms. The molecule has 0 aliphatic rings. The van der Waals surface area contributed by atoms with Gasteiger partial charge in [0.25, 0.3) is 0 Å². The SMILES string of the molecule is CCC#CC(=O)Oc1ccc(C)cc1. The number of carbonyl (C=O) groups excluding carboxylic acids is 1. The average Bonchev–Trinajstić information content (AvgIpc) is 2.18. The average molecular weight is 188 g/mol. The van der Waals surface area contributed by atoms with Gasteiger partial charge in [0.2, 0.25) is 0 Å². The third-order valence-electron chi connectivity index (χ3n) is 1.60. The second-order valence-electron chi connectivity index (χ2n) is 2.86. The summed E-state index contributed by atoms with van der Waals surface area (Å²) in [4.78, 5) is 11.1. The molecule has 0 amide bonds. The van der Waals surface area contributed by atoms with Gasteiger partial charge in [-0.2, -0.15) is 0 Å². The highest BCUT2D eigenvalue weighted by Gasteiger charge is 1.98. The Balaban J connectivity index is 2.61. The van der Waals surface area contributed by atoms with Crippen LogP contribution in [0.3, 0.4) is 0 Å². The normalized spacial score (nSPS) is 8.71. The van der Waals surface area contributed by atoms with Crippen molar-refractivity contribution in [3.05, 3.63) is 29.8 Å². The van der Waals surface area contributed by atoms with E-state index >= 15 is 0 Å². The van der Waals surface area contributed by atoms with Crippen molar-refractivity contribution in [3.63, 3.8) is 0 Å². The van der Waals surface area contributed by atoms with Crippen LogP contribution in [0.15, 0.2) is 24.3 Å². The number of rotatable bonds is 1. The summed E-state index contributed by atoms with van der Waals surface area (Å²) in [5, 5.41) is 0. The zero-order valence-electron chi connectivity index (χ0n) is 8.33. The summed E-state index contributed by atoms with van der Waals surface area (Å²) >= 11 is 0. The Hall–Kier alpha value is -1.75. The highest BCUT2D eigenvalue weighted by molar-refractivity contribution is 5.90. The molecule has 0 atom stereocenters. The van der Waals surface area contributed by atoms with Gasteiger partial charge in [-0.05, 0) is 19.1 Å². The summed E-state index contributed by atoms with van der Waals surface area (Å²) in [6.45, 7) is 3.86. The Labute approximate surface area is 83.9 Å². The summed E-state index contributed by atoms with van der Waals surface area (Å²) in [6, 6.07) is 7.27. The molecule has 14 heavy (non-hydrogen) atoms. The molecule has 72 valence electrons. The predicted molar refractivity (Wildman–Crippen MR) is 54.9 cm³/mol. The lowest BCUT2D eigenvalue weighted by Crippen LogP contribution is -2.04. The number of ether oxygens (including phenoxy) is 1. The Morgan fingerprint density at radius 2 is 2.00 bits per heavy atom. The zero-order chi connectivity index (χ0) is 10.4. The van der Waals surface area contributed by atoms with E-state index in [1.54, 1.807) is 12.1 Å². The van der Waals surface area contributed by atoms with Gasteiger partial charge in [-0.25, -0.2) is 4.79 Å². The fraction of sp³-hybridized carbons (Fsp3) is 0.250. The van der Waals surface area contributed by atoms with Crippen LogP contribution in [0.1, 0.15) is 18.9 Å². The molecule has 2 nitrogen and oxygen atoms in total. The van der Waals surface area contributed by atoms with E-state index in [-0.39, 0.29) is 0 Å². The van der Waals surface area contributed by atoms with Gasteiger partial charge in [-0.1, -0.05) is 30.5 Å². The zero-order valence-corrected chi connectivity index (χ0v) is 8.33. The van der Waals surface area contributed by atoms with Gasteiger partial charge in [-0.3, -0.25) is 0 Å². The van der Waals surface area contributed by atoms with Crippen molar-refractivity contribution >= 4 is 5.97 Å². The number of aryl methyl sites for hydroxylation is 1. The topological polar surface area (TPSA) is 26.3 Å². The fourth-order valence-electron chi connectivity index (χ4n) is 0.899. The third kappa shape index (κ3) is 3.32. The maximum absolute atomic E-state index is 11.1. The third-order valence-corrected chi connectivity index (χ3v) is 1.60. The van der Waals surface area contributed by atoms with Crippen molar-refractivity contribution in [1.82, 2.24) is 0 Å². The molecule has 1 rings (SSSR count). The van der Waals surface area contributed by atoms with Crippen LogP contribution < -0.4 is 4.74 Å². The lowest BCUT2D eigenvalue weighted by molar-refractivity contribution is -0.128. The van der Waals surface area contributed by atoms with Crippen LogP contribution in [0.5, 0.6) is 5.75 Å². The van der Waals surface area contributed by atoms with E-state index in [0.29, 0.717) is 12.2 Å². The molecule has 0 N–H and O–H groups in total. The molecule has 0 fully saturated rings. The highest BCUT2D eigenvalue weighted by Crippen LogP contribution is 2.11. The first-order chi connectivity index (χ1) is 6.72. The van der Waals surface area contributed by atoms with E-state index in [1.807, 2.05) is 26.0 Å². The molecule has 0 aromatic heterocycles. The van der Waals surface area contributed by atoms with Crippen LogP contribution in [0.25, 0.3) is 0 Å². The first-order valence-electron chi connectivity index (χ1n) is 4.49. The molecular weight excluding hydrogens is 176 g/mol. The maximum Gasteiger partial charge on any atom is 0.389 e. The van der Waals surface area contributed by atoms with E-state index in [9.17, 15) is 4.79 Å². The monoisotopic (exact) mass is 188 g/mol. The summed E-state index contributed by atoms with van der Waals surface area (Å²) in [5.41, 5.74) is 1.13. The van der Waals surface area contributed by atoms with Crippen molar-refractivity contribution in [2.75, 3.05) is 0 Å². The van der Waals surface area contributed by atoms with Crippen molar-refractivity contribution in [3.8, 4) is 17.6 Å². The van der Waals surface area contributed by atoms with Crippen molar-refractivity contribution < 1.29 is 9.53 Å². The minimum Gasteiger partial charge on any atom is -0.417 e. The van der Waals surface area contributed by atoms with E-state index in [1.165, 1.54) is 0 Å². The largest absolute Gasteiger partial charge is 0.417 e. The summed E-state index contributed by atoms with van der Waals surface area (Å²) in [5.74, 6) is 5.07. The summed E-state index contributed by atoms with van der Waals surface area (Å²) in [6.07, 6.45) is 0.656. The molecule has 0 saturated carbocycles. The first-order valence-corrected chi connectivity index (χ1v) is 4.49. The van der Waals surface area contributed by atoms with Crippen LogP contribution in [0.2, 0.25) is 0 Å². The quantitative estimate of drug-likeness (QED) is 0.292. The van der Waals surface area contributed by atoms with Crippen LogP contribution in [0.4, 0.5) is 0 Å². The van der Waals surface area contributed by atoms with E-state index < -0.39 is 5.97 Å². The number of benzene rings is 1. The molecule has 0 radical (unpaired) electrons. The minimum atomic E-state index is -0.504. The Morgan fingerprint density at radius 3 is 2.57 bits per heavy atom. The Kier molecular flexibility index (Phi) is 3.75. The highest BCUT2D eigenvalue weighted by atomic mass is 16.5. The second kappa shape index (κ2) is 5.08. The van der Waals surface area contributed by atoms with Crippen LogP contribution in [-0.4, -0.2) is 5.97 Å². The molecule has 0 spiro atoms. The molecule has 0 aliphatic heterocycles. The fourth-order valence-corrected chi connectivity index (χ4v) is 0.899. The van der Waals surface area contributed by atoms with Crippen LogP contribution in [0, 0.1) is 18.8 Å². The standard InChI is InChI=1S/C12H12O2/c1-3-4-5-12(13)14-11-8-6-10(2)7-9-11/h6-9H,3H2,1-2H3. The number of hydrogen-bond acceptors (Lipinski definition) is 2. The lowest BCUT2D eigenvalue weighted by Gasteiger charge is -1.99. The van der Waals surface area contributed by atoms with Gasteiger partial charge >= 0.3 is 5.97 Å². The van der Waals surface area contributed by atoms with Crippen LogP contribution in [-0.2, 0) is 4.79 Å². The molecule has 0 saturated heterocycles. The molecule has 0 unspecified atom stereocenters. The molecular formula is C12H12O2. The van der Waals surface area contributed by atoms with E-state index in [2.05, 4.69) is 11.8 Å². The lowest BCUT2D eigenvalue weighted by atomic mass is 10.2. The van der Waals surface area contributed by atoms with Gasteiger partial charge in [0.1, 0.15) is 5.75 Å². The van der Waals surface area contributed by atoms with Gasteiger partial charge in [0.05, 0.1) is 0 Å². The predicted octanol–water partition coefficient (Wildman–Crippen LogP) is 2.31. The molecule has 0 heterocycles. The van der Waals surface area contributed by atoms with Gasteiger partial charge in [0.15, 0.2) is 0 Å². The molecule has 1 aromatic carbocycles. The van der Waals surface area contributed by atoms with E-state index in [0.717, 1.165) is 5.56 Å². The maximum atomic E-state index is 11.1. The number of carbonyl (C=O) groups is 1. The van der Waals surface area contributed by atoms with Crippen molar-refractivity contribution in [2.45, 2.75) is 20.3 Å². The second-order valence-corrected chi connectivity index (χ2v) is 2.86. The first kappa shape index (κ1) is 10.3. The molecule has 0 bridgehead atoms. The van der Waals surface area contributed by atoms with E-state index in [4.69, 9.17) is 4.74 Å². The van der Waals surface area contributed by atoms with Gasteiger partial charge in [-0.15, -0.1) is 0 Å². The summed E-state index contributed by atoms with van der Waals surface area (Å²) < 4.78 is 4.96. The number of esters is 1. The Bertz CT molecular complexity index is 366. The molecule has 1 aromatic rings. The van der Waals surface area contributed by atoms with Crippen molar-refractivity contribution in [2.24, 2.45) is 0 Å². The smallest absolute Gasteiger partial charge is 0.389 e. The summed E-state index contributed by atoms with van der Waals surface area (Å²) in [7, 11) is 0. The van der Waals surface area contributed by atoms with Crippen LogP contribution >= 0.6 is 0 Å². The molecule has 0 aliphatic carbocycles. The number of hydrogen-bond donors (Lipinski definition) is 0. The van der Waals surface area contributed by atoms with Crippen molar-refractivity contribution in [1.29, 1.82) is 0 Å².